The van der Waals surface area contributed by atoms with Crippen LogP contribution in [0.5, 0.6) is 0 Å². The molecule has 1 aromatic heterocycles. The summed E-state index contributed by atoms with van der Waals surface area (Å²) in [6.45, 7) is 8.66. The van der Waals surface area contributed by atoms with Crippen molar-refractivity contribution in [3.63, 3.8) is 0 Å². The van der Waals surface area contributed by atoms with E-state index in [2.05, 4.69) is 27.7 Å². The van der Waals surface area contributed by atoms with Gasteiger partial charge in [-0.25, -0.2) is 0 Å². The van der Waals surface area contributed by atoms with Crippen LogP contribution in [-0.2, 0) is 0 Å². The zero-order valence-corrected chi connectivity index (χ0v) is 8.45. The Labute approximate surface area is 69.5 Å². The summed E-state index contributed by atoms with van der Waals surface area (Å²) in [5, 5.41) is 0. The molecule has 1 aromatic rings. The second-order valence-corrected chi connectivity index (χ2v) is 5.34. The molecule has 0 radical (unpaired) electrons. The lowest BCUT2D eigenvalue weighted by Crippen LogP contribution is -2.12. The first-order valence-electron chi connectivity index (χ1n) is 3.32. The molecule has 0 aliphatic heterocycles. The van der Waals surface area contributed by atoms with Crippen LogP contribution in [0.3, 0.4) is 0 Å². The first-order chi connectivity index (χ1) is 4.61. The average molecular weight is 172 g/mol. The molecule has 0 aliphatic rings. The van der Waals surface area contributed by atoms with Crippen molar-refractivity contribution >= 4 is 33.8 Å². The Morgan fingerprint density at radius 2 is 1.10 bits per heavy atom. The Morgan fingerprint density at radius 3 is 1.30 bits per heavy atom. The van der Waals surface area contributed by atoms with Crippen LogP contribution in [0.2, 0.25) is 0 Å². The summed E-state index contributed by atoms with van der Waals surface area (Å²) in [5.41, 5.74) is 2.89. The Kier molecular flexibility index (Phi) is 2.32. The van der Waals surface area contributed by atoms with Gasteiger partial charge in [-0.15, -0.1) is 22.7 Å². The molecule has 0 unspecified atom stereocenters. The fraction of sp³-hybridized carbons (Fsp3) is 0.500. The van der Waals surface area contributed by atoms with Gasteiger partial charge in [-0.1, -0.05) is 0 Å². The van der Waals surface area contributed by atoms with E-state index in [0.29, 0.717) is 0 Å². The first-order valence-corrected chi connectivity index (χ1v) is 4.95. The lowest BCUT2D eigenvalue weighted by atomic mass is 10.4. The molecule has 0 fully saturated rings. The van der Waals surface area contributed by atoms with Gasteiger partial charge in [0.05, 0.1) is 7.69 Å². The minimum absolute atomic E-state index is 1.44. The minimum Gasteiger partial charge on any atom is -0.115 e. The summed E-state index contributed by atoms with van der Waals surface area (Å²) in [7, 11) is 0. The summed E-state index contributed by atoms with van der Waals surface area (Å²) < 4.78 is 2.97. The number of hydrogen-bond donors (Lipinski definition) is 0. The Hall–Kier alpha value is -0.0800. The maximum Gasteiger partial charge on any atom is 0.0807 e. The molecule has 0 aromatic carbocycles. The van der Waals surface area contributed by atoms with E-state index in [0.717, 1.165) is 0 Å². The molecule has 0 bridgehead atoms. The van der Waals surface area contributed by atoms with Crippen LogP contribution in [0, 0.1) is 0 Å². The number of hydrogen-bond acceptors (Lipinski definition) is 2. The van der Waals surface area contributed by atoms with Gasteiger partial charge in [-0.05, 0) is 38.8 Å². The lowest BCUT2D eigenvalue weighted by Gasteiger charge is -1.95. The largest absolute Gasteiger partial charge is 0.115 e. The molecular weight excluding hydrogens is 160 g/mol. The summed E-state index contributed by atoms with van der Waals surface area (Å²) in [6.07, 6.45) is 0. The third kappa shape index (κ3) is 1.50. The molecule has 0 saturated heterocycles. The van der Waals surface area contributed by atoms with Crippen LogP contribution in [0.1, 0.15) is 27.7 Å². The fourth-order valence-electron chi connectivity index (χ4n) is 0.584. The molecule has 0 atom stereocenters. The average Bonchev–Trinajstić information content (AvgIpc) is 1.56. The van der Waals surface area contributed by atoms with Crippen LogP contribution >= 0.6 is 22.7 Å². The van der Waals surface area contributed by atoms with Gasteiger partial charge in [0.1, 0.15) is 0 Å². The molecule has 1 rings (SSSR count). The molecule has 1 heterocycles. The molecule has 0 N–H and O–H groups in total. The van der Waals surface area contributed by atoms with E-state index in [-0.39, 0.29) is 0 Å². The van der Waals surface area contributed by atoms with E-state index < -0.39 is 0 Å². The monoisotopic (exact) mass is 172 g/mol. The van der Waals surface area contributed by atoms with Gasteiger partial charge in [-0.3, -0.25) is 0 Å². The third-order valence-corrected chi connectivity index (χ3v) is 4.56. The highest BCUT2D eigenvalue weighted by molar-refractivity contribution is 7.35. The van der Waals surface area contributed by atoms with Crippen LogP contribution in [-0.4, -0.2) is 0 Å². The molecular formula is C8H12S2. The van der Waals surface area contributed by atoms with Gasteiger partial charge in [0.2, 0.25) is 0 Å². The van der Waals surface area contributed by atoms with Gasteiger partial charge >= 0.3 is 0 Å². The Bertz CT molecular complexity index is 268. The van der Waals surface area contributed by atoms with Crippen molar-refractivity contribution in [1.29, 1.82) is 0 Å². The SMILES string of the molecule is CC(C)=c1sc(=C(C)C)s1. The van der Waals surface area contributed by atoms with Crippen molar-refractivity contribution in [2.45, 2.75) is 27.7 Å². The normalized spacial score (nSPS) is 10.0. The van der Waals surface area contributed by atoms with Gasteiger partial charge < -0.3 is 0 Å². The molecule has 56 valence electrons. The van der Waals surface area contributed by atoms with E-state index in [1.54, 1.807) is 0 Å². The Morgan fingerprint density at radius 1 is 0.800 bits per heavy atom. The van der Waals surface area contributed by atoms with Crippen LogP contribution in [0.25, 0.3) is 11.1 Å². The first kappa shape index (κ1) is 8.02. The molecule has 0 spiro atoms. The summed E-state index contributed by atoms with van der Waals surface area (Å²) in [6, 6.07) is 0. The lowest BCUT2D eigenvalue weighted by molar-refractivity contribution is 1.60. The summed E-state index contributed by atoms with van der Waals surface area (Å²) >= 11 is 3.82. The fourth-order valence-corrected chi connectivity index (χ4v) is 2.50. The van der Waals surface area contributed by atoms with E-state index in [9.17, 15) is 0 Å². The minimum atomic E-state index is 1.44. The standard InChI is InChI=1S/C8H12S2/c1-5(2)7-9-8(10-7)6(3)4/h1-4H3. The van der Waals surface area contributed by atoms with Gasteiger partial charge in [0, 0.05) is 0 Å². The van der Waals surface area contributed by atoms with E-state index in [1.165, 1.54) is 18.8 Å². The second-order valence-electron chi connectivity index (χ2n) is 2.78. The molecule has 0 saturated carbocycles. The molecule has 10 heavy (non-hydrogen) atoms. The van der Waals surface area contributed by atoms with Crippen molar-refractivity contribution in [1.82, 2.24) is 0 Å². The van der Waals surface area contributed by atoms with Crippen LogP contribution in [0.15, 0.2) is 0 Å². The van der Waals surface area contributed by atoms with E-state index in [4.69, 9.17) is 0 Å². The third-order valence-electron chi connectivity index (χ3n) is 1.19. The quantitative estimate of drug-likeness (QED) is 0.563. The van der Waals surface area contributed by atoms with Crippen LogP contribution in [0.4, 0.5) is 0 Å². The van der Waals surface area contributed by atoms with Gasteiger partial charge in [0.25, 0.3) is 0 Å². The number of rotatable bonds is 0. The summed E-state index contributed by atoms with van der Waals surface area (Å²) in [5.74, 6) is 0. The Balaban J connectivity index is 3.19. The topological polar surface area (TPSA) is 0 Å². The maximum atomic E-state index is 2.16. The maximum absolute atomic E-state index is 2.16. The zero-order valence-electron chi connectivity index (χ0n) is 6.82. The highest BCUT2D eigenvalue weighted by Crippen LogP contribution is 1.98. The van der Waals surface area contributed by atoms with Crippen molar-refractivity contribution in [2.24, 2.45) is 0 Å². The van der Waals surface area contributed by atoms with Crippen molar-refractivity contribution in [2.75, 3.05) is 0 Å². The van der Waals surface area contributed by atoms with E-state index >= 15 is 0 Å². The molecule has 2 heteroatoms. The highest BCUT2D eigenvalue weighted by Gasteiger charge is 1.92. The predicted molar refractivity (Wildman–Crippen MR) is 51.0 cm³/mol. The molecule has 0 nitrogen and oxygen atoms in total. The van der Waals surface area contributed by atoms with E-state index in [1.807, 2.05) is 22.7 Å². The van der Waals surface area contributed by atoms with Crippen molar-refractivity contribution in [3.05, 3.63) is 7.69 Å². The van der Waals surface area contributed by atoms with Gasteiger partial charge in [0.15, 0.2) is 0 Å². The highest BCUT2D eigenvalue weighted by atomic mass is 32.2. The van der Waals surface area contributed by atoms with Crippen molar-refractivity contribution < 1.29 is 0 Å². The predicted octanol–water partition coefficient (Wildman–Crippen LogP) is 2.19. The second kappa shape index (κ2) is 2.89. The molecule has 0 aliphatic carbocycles. The smallest absolute Gasteiger partial charge is 0.0807 e. The summed E-state index contributed by atoms with van der Waals surface area (Å²) in [4.78, 5) is 0. The van der Waals surface area contributed by atoms with Crippen LogP contribution < -0.4 is 7.69 Å². The van der Waals surface area contributed by atoms with Gasteiger partial charge in [-0.2, -0.15) is 0 Å². The zero-order chi connectivity index (χ0) is 7.72. The van der Waals surface area contributed by atoms with Crippen molar-refractivity contribution in [3.8, 4) is 0 Å². The molecule has 0 amide bonds.